The lowest BCUT2D eigenvalue weighted by Gasteiger charge is -2.21. The molecule has 0 saturated heterocycles. The Bertz CT molecular complexity index is 976. The van der Waals surface area contributed by atoms with Crippen LogP contribution in [0.25, 0.3) is 22.7 Å². The summed E-state index contributed by atoms with van der Waals surface area (Å²) < 4.78 is 11.6. The van der Waals surface area contributed by atoms with Crippen molar-refractivity contribution in [1.29, 1.82) is 0 Å². The first-order chi connectivity index (χ1) is 15.6. The van der Waals surface area contributed by atoms with Gasteiger partial charge in [-0.25, -0.2) is 4.98 Å². The first kappa shape index (κ1) is 25.0. The summed E-state index contributed by atoms with van der Waals surface area (Å²) >= 11 is 3.37. The van der Waals surface area contributed by atoms with Gasteiger partial charge in [-0.1, -0.05) is 12.2 Å². The van der Waals surface area contributed by atoms with Crippen molar-refractivity contribution in [2.45, 2.75) is 33.2 Å². The molecule has 3 rings (SSSR count). The first-order valence-electron chi connectivity index (χ1n) is 11.1. The number of nitrogens with one attached hydrogen (secondary N) is 2. The second kappa shape index (κ2) is 12.6. The van der Waals surface area contributed by atoms with E-state index in [-0.39, 0.29) is 5.91 Å². The molecule has 0 fully saturated rings. The third-order valence-electron chi connectivity index (χ3n) is 5.49. The number of amides is 1. The van der Waals surface area contributed by atoms with E-state index in [0.29, 0.717) is 26.2 Å². The zero-order valence-corrected chi connectivity index (χ0v) is 21.1. The van der Waals surface area contributed by atoms with Crippen molar-refractivity contribution in [2.75, 3.05) is 58.9 Å². The minimum Gasteiger partial charge on any atom is -0.383 e. The number of thiophene rings is 1. The number of methoxy groups -OCH3 is 2. The van der Waals surface area contributed by atoms with E-state index < -0.39 is 0 Å². The number of anilines is 1. The molecule has 0 bridgehead atoms. The molecule has 1 aliphatic rings. The normalized spacial score (nSPS) is 14.9. The quantitative estimate of drug-likeness (QED) is 0.515. The maximum Gasteiger partial charge on any atom is 0.226 e. The van der Waals surface area contributed by atoms with E-state index in [9.17, 15) is 4.79 Å². The molecule has 0 unspecified atom stereocenters. The second-order valence-electron chi connectivity index (χ2n) is 7.61. The minimum atomic E-state index is 0.0266. The predicted octanol–water partition coefficient (Wildman–Crippen LogP) is 2.04. The molecule has 0 atom stereocenters. The molecule has 32 heavy (non-hydrogen) atoms. The summed E-state index contributed by atoms with van der Waals surface area (Å²) in [5, 5.41) is 9.56. The maximum atomic E-state index is 12.9. The van der Waals surface area contributed by atoms with Crippen LogP contribution in [-0.2, 0) is 27.2 Å². The van der Waals surface area contributed by atoms with Gasteiger partial charge in [-0.2, -0.15) is 0 Å². The third kappa shape index (κ3) is 6.24. The standard InChI is InChI=1S/C23H34N4O3S2/c1-5-17-18(6-2)31-22(25-17)21-16-7-9-24-15-19(16)32-23(21)26-20(28)8-10-27(11-13-29-3)12-14-30-4/h5-6,24H,7-15H2,1-4H3,(H,26,28)/b17-5+,18-6+. The Balaban J connectivity index is 1.80. The van der Waals surface area contributed by atoms with Gasteiger partial charge in [0.2, 0.25) is 5.91 Å². The minimum absolute atomic E-state index is 0.0266. The van der Waals surface area contributed by atoms with E-state index in [1.807, 2.05) is 19.9 Å². The van der Waals surface area contributed by atoms with Crippen LogP contribution in [-0.4, -0.2) is 69.4 Å². The van der Waals surface area contributed by atoms with Crippen molar-refractivity contribution in [1.82, 2.24) is 15.2 Å². The summed E-state index contributed by atoms with van der Waals surface area (Å²) in [6.07, 6.45) is 5.52. The number of carbonyl (C=O) groups excluding carboxylic acids is 1. The highest BCUT2D eigenvalue weighted by Crippen LogP contribution is 2.42. The summed E-state index contributed by atoms with van der Waals surface area (Å²) in [7, 11) is 3.39. The van der Waals surface area contributed by atoms with Crippen molar-refractivity contribution in [2.24, 2.45) is 0 Å². The number of aromatic nitrogens is 1. The molecular weight excluding hydrogens is 444 g/mol. The SMILES string of the molecule is C/C=c1/nc(-c2c(NC(=O)CCN(CCOC)CCOC)sc3c2CCNC3)s/c1=C/C. The van der Waals surface area contributed by atoms with Crippen molar-refractivity contribution < 1.29 is 14.3 Å². The van der Waals surface area contributed by atoms with Gasteiger partial charge in [0.15, 0.2) is 0 Å². The smallest absolute Gasteiger partial charge is 0.226 e. The molecule has 2 aromatic heterocycles. The van der Waals surface area contributed by atoms with Crippen LogP contribution in [0.5, 0.6) is 0 Å². The van der Waals surface area contributed by atoms with Crippen LogP contribution < -0.4 is 20.5 Å². The Morgan fingerprint density at radius 2 is 1.91 bits per heavy atom. The van der Waals surface area contributed by atoms with Crippen LogP contribution in [0.15, 0.2) is 0 Å². The molecule has 3 heterocycles. The summed E-state index contributed by atoms with van der Waals surface area (Å²) in [4.78, 5) is 21.3. The maximum absolute atomic E-state index is 12.9. The monoisotopic (exact) mass is 478 g/mol. The third-order valence-corrected chi connectivity index (χ3v) is 7.79. The molecule has 176 valence electrons. The average molecular weight is 479 g/mol. The van der Waals surface area contributed by atoms with Crippen molar-refractivity contribution in [3.05, 3.63) is 20.3 Å². The number of ether oxygens (including phenoxy) is 2. The first-order valence-corrected chi connectivity index (χ1v) is 12.7. The van der Waals surface area contributed by atoms with E-state index in [1.165, 1.54) is 15.0 Å². The molecule has 1 aliphatic heterocycles. The number of hydrogen-bond donors (Lipinski definition) is 2. The van der Waals surface area contributed by atoms with Gasteiger partial charge in [-0.3, -0.25) is 9.69 Å². The lowest BCUT2D eigenvalue weighted by Crippen LogP contribution is -2.33. The summed E-state index contributed by atoms with van der Waals surface area (Å²) in [5.41, 5.74) is 2.43. The van der Waals surface area contributed by atoms with Crippen molar-refractivity contribution >= 4 is 45.7 Å². The van der Waals surface area contributed by atoms with Gasteiger partial charge in [0.1, 0.15) is 10.0 Å². The molecule has 0 saturated carbocycles. The fourth-order valence-corrected chi connectivity index (χ4v) is 6.10. The molecule has 0 aromatic carbocycles. The van der Waals surface area contributed by atoms with E-state index in [4.69, 9.17) is 14.5 Å². The molecule has 0 spiro atoms. The number of hydrogen-bond acceptors (Lipinski definition) is 8. The van der Waals surface area contributed by atoms with E-state index in [0.717, 1.165) is 53.5 Å². The Hall–Kier alpha value is -1.62. The Morgan fingerprint density at radius 1 is 1.16 bits per heavy atom. The Morgan fingerprint density at radius 3 is 2.53 bits per heavy atom. The lowest BCUT2D eigenvalue weighted by molar-refractivity contribution is -0.116. The lowest BCUT2D eigenvalue weighted by atomic mass is 10.0. The number of fused-ring (bicyclic) bond motifs is 1. The van der Waals surface area contributed by atoms with Crippen LogP contribution in [0.3, 0.4) is 0 Å². The fraction of sp³-hybridized carbons (Fsp3) is 0.565. The van der Waals surface area contributed by atoms with Gasteiger partial charge in [-0.05, 0) is 32.4 Å². The van der Waals surface area contributed by atoms with Crippen molar-refractivity contribution in [3.63, 3.8) is 0 Å². The molecule has 2 aromatic rings. The van der Waals surface area contributed by atoms with Crippen LogP contribution in [0.4, 0.5) is 5.00 Å². The van der Waals surface area contributed by atoms with Crippen LogP contribution in [0.1, 0.15) is 30.7 Å². The molecular formula is C23H34N4O3S2. The number of nitrogens with zero attached hydrogens (tertiary/aromatic N) is 2. The number of rotatable bonds is 11. The van der Waals surface area contributed by atoms with Gasteiger partial charge >= 0.3 is 0 Å². The van der Waals surface area contributed by atoms with Gasteiger partial charge < -0.3 is 20.1 Å². The molecule has 0 radical (unpaired) electrons. The number of thiazole rings is 1. The van der Waals surface area contributed by atoms with Gasteiger partial charge in [0.25, 0.3) is 0 Å². The molecule has 0 aliphatic carbocycles. The summed E-state index contributed by atoms with van der Waals surface area (Å²) in [6, 6.07) is 0. The zero-order chi connectivity index (χ0) is 22.9. The molecule has 2 N–H and O–H groups in total. The fourth-order valence-electron chi connectivity index (χ4n) is 3.74. The number of carbonyl (C=O) groups is 1. The highest BCUT2D eigenvalue weighted by Gasteiger charge is 2.24. The second-order valence-corrected chi connectivity index (χ2v) is 9.74. The zero-order valence-electron chi connectivity index (χ0n) is 19.5. The largest absolute Gasteiger partial charge is 0.383 e. The topological polar surface area (TPSA) is 75.7 Å². The Kier molecular flexibility index (Phi) is 9.83. The molecule has 7 nitrogen and oxygen atoms in total. The van der Waals surface area contributed by atoms with Crippen molar-refractivity contribution in [3.8, 4) is 10.6 Å². The van der Waals surface area contributed by atoms with Crippen LogP contribution in [0.2, 0.25) is 0 Å². The van der Waals surface area contributed by atoms with Gasteiger partial charge in [0, 0.05) is 57.3 Å². The highest BCUT2D eigenvalue weighted by atomic mass is 32.1. The van der Waals surface area contributed by atoms with Gasteiger partial charge in [0.05, 0.1) is 23.1 Å². The van der Waals surface area contributed by atoms with Crippen LogP contribution >= 0.6 is 22.7 Å². The average Bonchev–Trinajstić information content (AvgIpc) is 3.38. The summed E-state index contributed by atoms with van der Waals surface area (Å²) in [5.74, 6) is 0.0266. The molecule has 9 heteroatoms. The van der Waals surface area contributed by atoms with E-state index >= 15 is 0 Å². The van der Waals surface area contributed by atoms with Crippen LogP contribution in [0, 0.1) is 0 Å². The van der Waals surface area contributed by atoms with E-state index in [1.54, 1.807) is 36.9 Å². The molecule has 1 amide bonds. The Labute approximate surface area is 198 Å². The summed E-state index contributed by atoms with van der Waals surface area (Å²) in [6.45, 7) is 9.35. The predicted molar refractivity (Wildman–Crippen MR) is 134 cm³/mol. The van der Waals surface area contributed by atoms with E-state index in [2.05, 4.69) is 21.6 Å². The van der Waals surface area contributed by atoms with Gasteiger partial charge in [-0.15, -0.1) is 22.7 Å². The highest BCUT2D eigenvalue weighted by molar-refractivity contribution is 7.18.